The molecule has 0 radical (unpaired) electrons. The first-order chi connectivity index (χ1) is 14.0. The summed E-state index contributed by atoms with van der Waals surface area (Å²) in [4.78, 5) is 24.1. The summed E-state index contributed by atoms with van der Waals surface area (Å²) in [6.45, 7) is 12.5. The maximum Gasteiger partial charge on any atom is 0.223 e. The van der Waals surface area contributed by atoms with Gasteiger partial charge >= 0.3 is 0 Å². The van der Waals surface area contributed by atoms with Crippen molar-refractivity contribution in [2.24, 2.45) is 5.92 Å². The maximum absolute atomic E-state index is 12.2. The van der Waals surface area contributed by atoms with Crippen molar-refractivity contribution >= 4 is 34.5 Å². The topological polar surface area (TPSA) is 85.2 Å². The molecule has 0 aromatic carbocycles. The molecule has 0 aliphatic carbocycles. The van der Waals surface area contributed by atoms with Crippen LogP contribution >= 0.6 is 11.8 Å². The number of thioether (sulfide) groups is 1. The number of carbonyl (C=O) groups excluding carboxylic acids is 1. The minimum Gasteiger partial charge on any atom is -0.378 e. The summed E-state index contributed by atoms with van der Waals surface area (Å²) in [6.07, 6.45) is 3.56. The maximum atomic E-state index is 12.2. The van der Waals surface area contributed by atoms with E-state index in [1.54, 1.807) is 11.8 Å². The molecule has 29 heavy (non-hydrogen) atoms. The van der Waals surface area contributed by atoms with Crippen molar-refractivity contribution in [2.45, 2.75) is 57.5 Å². The van der Waals surface area contributed by atoms with Gasteiger partial charge < -0.3 is 15.0 Å². The Hall–Kier alpha value is -1.87. The predicted molar refractivity (Wildman–Crippen MR) is 116 cm³/mol. The van der Waals surface area contributed by atoms with Gasteiger partial charge in [-0.25, -0.2) is 14.6 Å². The van der Waals surface area contributed by atoms with E-state index in [2.05, 4.69) is 29.2 Å². The second-order valence-corrected chi connectivity index (χ2v) is 9.05. The molecule has 2 aromatic heterocycles. The van der Waals surface area contributed by atoms with E-state index < -0.39 is 0 Å². The normalized spacial score (nSPS) is 14.9. The molecule has 1 aliphatic rings. The first-order valence-electron chi connectivity index (χ1n) is 10.5. The van der Waals surface area contributed by atoms with Crippen LogP contribution in [0.25, 0.3) is 11.0 Å². The molecule has 0 unspecified atom stereocenters. The molecule has 9 heteroatoms. The van der Waals surface area contributed by atoms with Crippen molar-refractivity contribution in [2.75, 3.05) is 37.7 Å². The fourth-order valence-electron chi connectivity index (χ4n) is 3.45. The van der Waals surface area contributed by atoms with Crippen LogP contribution in [0.5, 0.6) is 0 Å². The minimum absolute atomic E-state index is 0.0775. The van der Waals surface area contributed by atoms with Crippen LogP contribution in [-0.2, 0) is 16.1 Å². The molecule has 0 saturated carbocycles. The lowest BCUT2D eigenvalue weighted by molar-refractivity contribution is -0.125. The van der Waals surface area contributed by atoms with Gasteiger partial charge in [-0.15, -0.1) is 0 Å². The number of anilines is 1. The lowest BCUT2D eigenvalue weighted by Crippen LogP contribution is -2.37. The van der Waals surface area contributed by atoms with Crippen molar-refractivity contribution < 1.29 is 9.53 Å². The number of hydrogen-bond acceptors (Lipinski definition) is 7. The van der Waals surface area contributed by atoms with E-state index >= 15 is 0 Å². The number of aromatic nitrogens is 4. The molecule has 3 heterocycles. The highest BCUT2D eigenvalue weighted by Crippen LogP contribution is 2.29. The Labute approximate surface area is 176 Å². The Morgan fingerprint density at radius 1 is 1.24 bits per heavy atom. The van der Waals surface area contributed by atoms with Gasteiger partial charge in [0.05, 0.1) is 31.3 Å². The summed E-state index contributed by atoms with van der Waals surface area (Å²) in [6, 6.07) is 0. The average Bonchev–Trinajstić information content (AvgIpc) is 3.11. The Balaban J connectivity index is 1.82. The van der Waals surface area contributed by atoms with E-state index in [4.69, 9.17) is 14.7 Å². The molecular formula is C20H32N6O2S. The highest BCUT2D eigenvalue weighted by molar-refractivity contribution is 7.99. The SMILES string of the molecule is CCC(CC)C(=O)NCCn1ncc2c(N3CCOCC3)nc(SC(C)C)nc21. The van der Waals surface area contributed by atoms with Crippen LogP contribution < -0.4 is 10.2 Å². The van der Waals surface area contributed by atoms with Crippen LogP contribution in [-0.4, -0.2) is 63.8 Å². The average molecular weight is 421 g/mol. The van der Waals surface area contributed by atoms with Crippen molar-refractivity contribution in [1.29, 1.82) is 0 Å². The van der Waals surface area contributed by atoms with E-state index in [0.29, 0.717) is 31.6 Å². The Bertz CT molecular complexity index is 815. The summed E-state index contributed by atoms with van der Waals surface area (Å²) < 4.78 is 7.37. The van der Waals surface area contributed by atoms with Crippen molar-refractivity contribution in [3.63, 3.8) is 0 Å². The van der Waals surface area contributed by atoms with Gasteiger partial charge in [-0.1, -0.05) is 39.5 Å². The first-order valence-corrected chi connectivity index (χ1v) is 11.4. The van der Waals surface area contributed by atoms with Crippen LogP contribution in [0.2, 0.25) is 0 Å². The van der Waals surface area contributed by atoms with Crippen LogP contribution in [0.1, 0.15) is 40.5 Å². The highest BCUT2D eigenvalue weighted by atomic mass is 32.2. The molecule has 1 aliphatic heterocycles. The van der Waals surface area contributed by atoms with Crippen LogP contribution in [0.4, 0.5) is 5.82 Å². The van der Waals surface area contributed by atoms with Gasteiger partial charge in [0, 0.05) is 30.8 Å². The first kappa shape index (κ1) is 21.8. The number of amides is 1. The standard InChI is InChI=1S/C20H32N6O2S/c1-5-15(6-2)19(27)21-7-8-26-18-16(13-22-26)17(25-9-11-28-12-10-25)23-20(24-18)29-14(3)4/h13-15H,5-12H2,1-4H3,(H,21,27). The predicted octanol–water partition coefficient (Wildman–Crippen LogP) is 2.72. The summed E-state index contributed by atoms with van der Waals surface area (Å²) in [5.41, 5.74) is 0.821. The van der Waals surface area contributed by atoms with Gasteiger partial charge in [0.2, 0.25) is 5.91 Å². The third-order valence-corrected chi connectivity index (χ3v) is 5.95. The molecular weight excluding hydrogens is 388 g/mol. The molecule has 0 bridgehead atoms. The van der Waals surface area contributed by atoms with Crippen LogP contribution in [0, 0.1) is 5.92 Å². The number of nitrogens with zero attached hydrogens (tertiary/aromatic N) is 5. The quantitative estimate of drug-likeness (QED) is 0.493. The van der Waals surface area contributed by atoms with E-state index in [1.807, 2.05) is 24.7 Å². The molecule has 1 N–H and O–H groups in total. The molecule has 1 amide bonds. The second kappa shape index (κ2) is 10.2. The van der Waals surface area contributed by atoms with E-state index in [-0.39, 0.29) is 11.8 Å². The molecule has 8 nitrogen and oxygen atoms in total. The van der Waals surface area contributed by atoms with Gasteiger partial charge in [0.1, 0.15) is 5.82 Å². The number of morpholine rings is 1. The van der Waals surface area contributed by atoms with Crippen molar-refractivity contribution in [1.82, 2.24) is 25.1 Å². The molecule has 1 saturated heterocycles. The molecule has 0 atom stereocenters. The lowest BCUT2D eigenvalue weighted by Gasteiger charge is -2.28. The van der Waals surface area contributed by atoms with Crippen LogP contribution in [0.3, 0.4) is 0 Å². The fourth-order valence-corrected chi connectivity index (χ4v) is 4.15. The zero-order chi connectivity index (χ0) is 20.8. The minimum atomic E-state index is 0.0775. The summed E-state index contributed by atoms with van der Waals surface area (Å²) >= 11 is 1.65. The highest BCUT2D eigenvalue weighted by Gasteiger charge is 2.21. The third-order valence-electron chi connectivity index (χ3n) is 5.09. The summed E-state index contributed by atoms with van der Waals surface area (Å²) in [5.74, 6) is 1.12. The molecule has 1 fully saturated rings. The van der Waals surface area contributed by atoms with Gasteiger partial charge in [-0.3, -0.25) is 4.79 Å². The van der Waals surface area contributed by atoms with Gasteiger partial charge in [0.25, 0.3) is 0 Å². The number of rotatable bonds is 9. The Kier molecular flexibility index (Phi) is 7.71. The van der Waals surface area contributed by atoms with Crippen LogP contribution in [0.15, 0.2) is 11.4 Å². The number of nitrogens with one attached hydrogen (secondary N) is 1. The number of hydrogen-bond donors (Lipinski definition) is 1. The number of fused-ring (bicyclic) bond motifs is 1. The molecule has 3 rings (SSSR count). The third kappa shape index (κ3) is 5.39. The van der Waals surface area contributed by atoms with E-state index in [1.165, 1.54) is 0 Å². The largest absolute Gasteiger partial charge is 0.378 e. The smallest absolute Gasteiger partial charge is 0.223 e. The number of ether oxygens (including phenoxy) is 1. The van der Waals surface area contributed by atoms with Gasteiger partial charge in [-0.2, -0.15) is 5.10 Å². The monoisotopic (exact) mass is 420 g/mol. The summed E-state index contributed by atoms with van der Waals surface area (Å²) in [5, 5.41) is 9.69. The molecule has 2 aromatic rings. The van der Waals surface area contributed by atoms with E-state index in [9.17, 15) is 4.79 Å². The zero-order valence-corrected chi connectivity index (χ0v) is 18.7. The van der Waals surface area contributed by atoms with E-state index in [0.717, 1.165) is 47.9 Å². The van der Waals surface area contributed by atoms with Gasteiger partial charge in [0.15, 0.2) is 10.8 Å². The number of carbonyl (C=O) groups is 1. The molecule has 0 spiro atoms. The zero-order valence-electron chi connectivity index (χ0n) is 17.8. The Morgan fingerprint density at radius 2 is 1.97 bits per heavy atom. The Morgan fingerprint density at radius 3 is 2.62 bits per heavy atom. The lowest BCUT2D eigenvalue weighted by atomic mass is 10.0. The van der Waals surface area contributed by atoms with Crippen molar-refractivity contribution in [3.8, 4) is 0 Å². The fraction of sp³-hybridized carbons (Fsp3) is 0.700. The second-order valence-electron chi connectivity index (χ2n) is 7.51. The van der Waals surface area contributed by atoms with Gasteiger partial charge in [-0.05, 0) is 12.8 Å². The molecule has 160 valence electrons. The summed E-state index contributed by atoms with van der Waals surface area (Å²) in [7, 11) is 0. The van der Waals surface area contributed by atoms with Crippen molar-refractivity contribution in [3.05, 3.63) is 6.20 Å².